The number of hydrogen-bond acceptors (Lipinski definition) is 2. The first-order valence-electron chi connectivity index (χ1n) is 8.44. The lowest BCUT2D eigenvalue weighted by molar-refractivity contribution is -0.123. The number of carbonyl (C=O) groups is 1. The van der Waals surface area contributed by atoms with Crippen molar-refractivity contribution in [1.29, 1.82) is 0 Å². The molecule has 3 nitrogen and oxygen atoms in total. The van der Waals surface area contributed by atoms with Crippen molar-refractivity contribution in [2.24, 2.45) is 5.92 Å². The fourth-order valence-electron chi connectivity index (χ4n) is 4.16. The van der Waals surface area contributed by atoms with Gasteiger partial charge in [0.1, 0.15) is 0 Å². The summed E-state index contributed by atoms with van der Waals surface area (Å²) >= 11 is 0. The Hall–Kier alpha value is -2.13. The van der Waals surface area contributed by atoms with E-state index in [1.807, 2.05) is 36.4 Å². The van der Waals surface area contributed by atoms with E-state index in [0.717, 1.165) is 25.1 Å². The number of hydrogen-bond donors (Lipinski definition) is 2. The standard InChI is InChI=1S/C20H22N2O/c23-19(22-16-10-5-2-6-11-16)18-17(15-8-3-1-4-9-15)14-21-20(18)12-7-13-20/h1-6,8-11,17-18,21H,7,12-14H2,(H,22,23). The van der Waals surface area contributed by atoms with Crippen molar-refractivity contribution in [3.63, 3.8) is 0 Å². The maximum absolute atomic E-state index is 13.1. The molecule has 2 N–H and O–H groups in total. The first-order valence-corrected chi connectivity index (χ1v) is 8.44. The molecular weight excluding hydrogens is 284 g/mol. The maximum Gasteiger partial charge on any atom is 0.230 e. The third-order valence-corrected chi connectivity index (χ3v) is 5.47. The van der Waals surface area contributed by atoms with Gasteiger partial charge in [0.2, 0.25) is 5.91 Å². The zero-order valence-corrected chi connectivity index (χ0v) is 13.2. The van der Waals surface area contributed by atoms with E-state index in [9.17, 15) is 4.79 Å². The molecule has 23 heavy (non-hydrogen) atoms. The Kier molecular flexibility index (Phi) is 3.66. The summed E-state index contributed by atoms with van der Waals surface area (Å²) in [6, 6.07) is 20.2. The van der Waals surface area contributed by atoms with Gasteiger partial charge in [0.25, 0.3) is 0 Å². The minimum absolute atomic E-state index is 0.000623. The third kappa shape index (κ3) is 2.55. The van der Waals surface area contributed by atoms with Gasteiger partial charge in [-0.05, 0) is 37.0 Å². The highest BCUT2D eigenvalue weighted by Crippen LogP contribution is 2.49. The fourth-order valence-corrected chi connectivity index (χ4v) is 4.16. The van der Waals surface area contributed by atoms with Crippen LogP contribution in [0.3, 0.4) is 0 Å². The van der Waals surface area contributed by atoms with Gasteiger partial charge in [0.05, 0.1) is 5.92 Å². The molecule has 0 radical (unpaired) electrons. The summed E-state index contributed by atoms with van der Waals surface area (Å²) in [5, 5.41) is 6.80. The highest BCUT2D eigenvalue weighted by Gasteiger charge is 2.55. The molecule has 0 aromatic heterocycles. The largest absolute Gasteiger partial charge is 0.326 e. The van der Waals surface area contributed by atoms with Crippen LogP contribution < -0.4 is 10.6 Å². The van der Waals surface area contributed by atoms with Crippen molar-refractivity contribution in [3.05, 3.63) is 66.2 Å². The monoisotopic (exact) mass is 306 g/mol. The van der Waals surface area contributed by atoms with E-state index in [4.69, 9.17) is 0 Å². The van der Waals surface area contributed by atoms with E-state index in [-0.39, 0.29) is 23.3 Å². The lowest BCUT2D eigenvalue weighted by Gasteiger charge is -2.43. The van der Waals surface area contributed by atoms with Crippen LogP contribution in [-0.4, -0.2) is 18.0 Å². The number of rotatable bonds is 3. The van der Waals surface area contributed by atoms with Crippen LogP contribution in [0.25, 0.3) is 0 Å². The van der Waals surface area contributed by atoms with Crippen molar-refractivity contribution >= 4 is 11.6 Å². The molecule has 2 aliphatic rings. The number of amides is 1. The Bertz CT molecular complexity index is 679. The average Bonchev–Trinajstić information content (AvgIpc) is 2.97. The third-order valence-electron chi connectivity index (χ3n) is 5.47. The highest BCUT2D eigenvalue weighted by atomic mass is 16.2. The molecular formula is C20H22N2O. The Labute approximate surface area is 137 Å². The van der Waals surface area contributed by atoms with Gasteiger partial charge in [-0.15, -0.1) is 0 Å². The second-order valence-corrected chi connectivity index (χ2v) is 6.74. The molecule has 1 saturated carbocycles. The zero-order valence-electron chi connectivity index (χ0n) is 13.2. The van der Waals surface area contributed by atoms with Crippen LogP contribution in [0.5, 0.6) is 0 Å². The van der Waals surface area contributed by atoms with Crippen LogP contribution in [0, 0.1) is 5.92 Å². The number of anilines is 1. The summed E-state index contributed by atoms with van der Waals surface area (Å²) in [6.45, 7) is 0.886. The fraction of sp³-hybridized carbons (Fsp3) is 0.350. The molecule has 2 fully saturated rings. The predicted molar refractivity (Wildman–Crippen MR) is 92.3 cm³/mol. The number of para-hydroxylation sites is 1. The van der Waals surface area contributed by atoms with Crippen molar-refractivity contribution in [1.82, 2.24) is 5.32 Å². The van der Waals surface area contributed by atoms with E-state index in [0.29, 0.717) is 0 Å². The van der Waals surface area contributed by atoms with Crippen LogP contribution >= 0.6 is 0 Å². The number of carbonyl (C=O) groups excluding carboxylic acids is 1. The molecule has 118 valence electrons. The van der Waals surface area contributed by atoms with Crippen LogP contribution in [0.4, 0.5) is 5.69 Å². The summed E-state index contributed by atoms with van der Waals surface area (Å²) in [6.07, 6.45) is 3.41. The van der Waals surface area contributed by atoms with Gasteiger partial charge in [-0.25, -0.2) is 0 Å². The molecule has 1 saturated heterocycles. The first-order chi connectivity index (χ1) is 11.3. The highest BCUT2D eigenvalue weighted by molar-refractivity contribution is 5.94. The lowest BCUT2D eigenvalue weighted by Crippen LogP contribution is -2.54. The van der Waals surface area contributed by atoms with Gasteiger partial charge >= 0.3 is 0 Å². The quantitative estimate of drug-likeness (QED) is 0.910. The van der Waals surface area contributed by atoms with E-state index in [1.165, 1.54) is 12.0 Å². The topological polar surface area (TPSA) is 41.1 Å². The summed E-state index contributed by atoms with van der Waals surface area (Å²) in [5.74, 6) is 0.397. The van der Waals surface area contributed by atoms with Crippen LogP contribution in [0.15, 0.2) is 60.7 Å². The van der Waals surface area contributed by atoms with Gasteiger partial charge in [-0.2, -0.15) is 0 Å². The zero-order chi connectivity index (χ0) is 15.7. The van der Waals surface area contributed by atoms with Crippen LogP contribution in [-0.2, 0) is 4.79 Å². The van der Waals surface area contributed by atoms with Gasteiger partial charge in [-0.1, -0.05) is 48.5 Å². The summed E-state index contributed by atoms with van der Waals surface area (Å²) in [7, 11) is 0. The molecule has 1 spiro atoms. The summed E-state index contributed by atoms with van der Waals surface area (Å²) < 4.78 is 0. The molecule has 2 unspecified atom stereocenters. The molecule has 3 heteroatoms. The van der Waals surface area contributed by atoms with E-state index < -0.39 is 0 Å². The van der Waals surface area contributed by atoms with Crippen LogP contribution in [0.2, 0.25) is 0 Å². The van der Waals surface area contributed by atoms with E-state index in [1.54, 1.807) is 0 Å². The maximum atomic E-state index is 13.1. The second kappa shape index (κ2) is 5.82. The van der Waals surface area contributed by atoms with E-state index >= 15 is 0 Å². The van der Waals surface area contributed by atoms with Gasteiger partial charge < -0.3 is 10.6 Å². The average molecular weight is 306 g/mol. The molecule has 1 amide bonds. The van der Waals surface area contributed by atoms with Crippen molar-refractivity contribution < 1.29 is 4.79 Å². The summed E-state index contributed by atoms with van der Waals surface area (Å²) in [5.41, 5.74) is 2.14. The van der Waals surface area contributed by atoms with Gasteiger partial charge in [0.15, 0.2) is 0 Å². The molecule has 2 atom stereocenters. The second-order valence-electron chi connectivity index (χ2n) is 6.74. The molecule has 1 heterocycles. The Morgan fingerprint density at radius 3 is 2.26 bits per heavy atom. The van der Waals surface area contributed by atoms with Gasteiger partial charge in [0, 0.05) is 23.7 Å². The van der Waals surface area contributed by atoms with Crippen molar-refractivity contribution in [2.45, 2.75) is 30.7 Å². The number of benzene rings is 2. The Balaban J connectivity index is 1.62. The van der Waals surface area contributed by atoms with Crippen molar-refractivity contribution in [3.8, 4) is 0 Å². The Morgan fingerprint density at radius 2 is 1.65 bits per heavy atom. The molecule has 1 aliphatic heterocycles. The molecule has 2 aromatic rings. The Morgan fingerprint density at radius 1 is 1.00 bits per heavy atom. The molecule has 4 rings (SSSR count). The van der Waals surface area contributed by atoms with Crippen molar-refractivity contribution in [2.75, 3.05) is 11.9 Å². The van der Waals surface area contributed by atoms with E-state index in [2.05, 4.69) is 34.9 Å². The lowest BCUT2D eigenvalue weighted by atomic mass is 9.65. The summed E-state index contributed by atoms with van der Waals surface area (Å²) in [4.78, 5) is 13.1. The SMILES string of the molecule is O=C(Nc1ccccc1)C1C(c2ccccc2)CNC12CCC2. The first kappa shape index (κ1) is 14.5. The molecule has 0 bridgehead atoms. The minimum Gasteiger partial charge on any atom is -0.326 e. The molecule has 1 aliphatic carbocycles. The minimum atomic E-state index is -0.00106. The normalized spacial score (nSPS) is 25.0. The van der Waals surface area contributed by atoms with Crippen LogP contribution in [0.1, 0.15) is 30.7 Å². The number of nitrogens with one attached hydrogen (secondary N) is 2. The molecule has 2 aromatic carbocycles. The van der Waals surface area contributed by atoms with Gasteiger partial charge in [-0.3, -0.25) is 4.79 Å². The smallest absolute Gasteiger partial charge is 0.230 e. The predicted octanol–water partition coefficient (Wildman–Crippen LogP) is 3.55.